The van der Waals surface area contributed by atoms with E-state index in [1.54, 1.807) is 6.20 Å². The molecule has 3 aromatic heterocycles. The highest BCUT2D eigenvalue weighted by Gasteiger charge is 2.08. The van der Waals surface area contributed by atoms with Crippen LogP contribution in [0.25, 0.3) is 27.8 Å². The van der Waals surface area contributed by atoms with E-state index in [2.05, 4.69) is 15.0 Å². The van der Waals surface area contributed by atoms with E-state index in [4.69, 9.17) is 12.2 Å². The first kappa shape index (κ1) is 9.73. The average molecular weight is 252 g/mol. The summed E-state index contributed by atoms with van der Waals surface area (Å²) in [5, 5.41) is 0.898. The van der Waals surface area contributed by atoms with E-state index in [9.17, 15) is 0 Å². The Kier molecular flexibility index (Phi) is 1.82. The van der Waals surface area contributed by atoms with Gasteiger partial charge in [0, 0.05) is 6.20 Å². The van der Waals surface area contributed by atoms with E-state index in [1.165, 1.54) is 0 Å². The lowest BCUT2D eigenvalue weighted by atomic mass is 10.3. The van der Waals surface area contributed by atoms with Crippen LogP contribution in [-0.4, -0.2) is 19.4 Å². The first-order chi connectivity index (χ1) is 8.84. The summed E-state index contributed by atoms with van der Waals surface area (Å²) < 4.78 is 2.57. The maximum atomic E-state index is 5.30. The number of imidazole rings is 1. The third-order valence-corrected chi connectivity index (χ3v) is 3.35. The van der Waals surface area contributed by atoms with Crippen LogP contribution in [0.3, 0.4) is 0 Å². The van der Waals surface area contributed by atoms with E-state index >= 15 is 0 Å². The molecule has 0 atom stereocenters. The molecule has 1 N–H and O–H groups in total. The number of rotatable bonds is 0. The second-order valence-electron chi connectivity index (χ2n) is 4.09. The van der Waals surface area contributed by atoms with Gasteiger partial charge in [0.25, 0.3) is 0 Å². The summed E-state index contributed by atoms with van der Waals surface area (Å²) in [5.41, 5.74) is 2.92. The minimum Gasteiger partial charge on any atom is -0.323 e. The molecule has 0 aliphatic rings. The summed E-state index contributed by atoms with van der Waals surface area (Å²) in [5.74, 6) is 0.729. The van der Waals surface area contributed by atoms with Gasteiger partial charge in [0.15, 0.2) is 0 Å². The van der Waals surface area contributed by atoms with Crippen LogP contribution in [0, 0.1) is 4.64 Å². The summed E-state index contributed by atoms with van der Waals surface area (Å²) in [6.45, 7) is 0. The molecule has 3 heterocycles. The van der Waals surface area contributed by atoms with E-state index in [0.29, 0.717) is 4.64 Å². The molecule has 0 aliphatic carbocycles. The predicted octanol–water partition coefficient (Wildman–Crippen LogP) is 3.09. The van der Waals surface area contributed by atoms with Crippen molar-refractivity contribution in [1.29, 1.82) is 0 Å². The maximum absolute atomic E-state index is 5.30. The maximum Gasteiger partial charge on any atom is 0.215 e. The second-order valence-corrected chi connectivity index (χ2v) is 4.48. The SMILES string of the molecule is S=c1nc2[nH]c3ccccc3n2c2ncccc12. The molecular formula is C13H8N4S. The van der Waals surface area contributed by atoms with Crippen LogP contribution in [0.15, 0.2) is 42.6 Å². The van der Waals surface area contributed by atoms with Crippen LogP contribution in [0.4, 0.5) is 0 Å². The highest BCUT2D eigenvalue weighted by Crippen LogP contribution is 2.20. The third-order valence-electron chi connectivity index (χ3n) is 3.04. The molecule has 0 fully saturated rings. The Balaban J connectivity index is 2.43. The highest BCUT2D eigenvalue weighted by molar-refractivity contribution is 7.71. The zero-order valence-corrected chi connectivity index (χ0v) is 10.1. The smallest absolute Gasteiger partial charge is 0.215 e. The Morgan fingerprint density at radius 3 is 2.94 bits per heavy atom. The van der Waals surface area contributed by atoms with Crippen molar-refractivity contribution >= 4 is 40.1 Å². The molecule has 0 saturated heterocycles. The number of fused-ring (bicyclic) bond motifs is 5. The molecule has 4 rings (SSSR count). The topological polar surface area (TPSA) is 46.0 Å². The lowest BCUT2D eigenvalue weighted by molar-refractivity contribution is 1.14. The molecule has 0 aliphatic heterocycles. The summed E-state index contributed by atoms with van der Waals surface area (Å²) in [7, 11) is 0. The van der Waals surface area contributed by atoms with Gasteiger partial charge in [0.1, 0.15) is 10.3 Å². The normalized spacial score (nSPS) is 11.6. The molecule has 18 heavy (non-hydrogen) atoms. The Morgan fingerprint density at radius 2 is 2.00 bits per heavy atom. The summed E-state index contributed by atoms with van der Waals surface area (Å²) >= 11 is 5.30. The van der Waals surface area contributed by atoms with Crippen molar-refractivity contribution in [1.82, 2.24) is 19.4 Å². The first-order valence-electron chi connectivity index (χ1n) is 5.59. The van der Waals surface area contributed by atoms with Gasteiger partial charge in [0.2, 0.25) is 5.78 Å². The van der Waals surface area contributed by atoms with Crippen LogP contribution in [-0.2, 0) is 0 Å². The number of pyridine rings is 1. The number of nitrogens with one attached hydrogen (secondary N) is 1. The van der Waals surface area contributed by atoms with Crippen LogP contribution in [0.2, 0.25) is 0 Å². The van der Waals surface area contributed by atoms with Gasteiger partial charge in [-0.1, -0.05) is 24.4 Å². The van der Waals surface area contributed by atoms with Crippen molar-refractivity contribution in [3.8, 4) is 0 Å². The van der Waals surface area contributed by atoms with Crippen molar-refractivity contribution in [2.75, 3.05) is 0 Å². The summed E-state index contributed by atoms with van der Waals surface area (Å²) in [4.78, 5) is 12.1. The Labute approximate surface area is 107 Å². The number of nitrogens with zero attached hydrogens (tertiary/aromatic N) is 3. The lowest BCUT2D eigenvalue weighted by Gasteiger charge is -2.01. The Bertz CT molecular complexity index is 951. The molecule has 86 valence electrons. The Hall–Kier alpha value is -2.27. The number of aromatic amines is 1. The van der Waals surface area contributed by atoms with Gasteiger partial charge < -0.3 is 4.98 Å². The third kappa shape index (κ3) is 1.16. The molecule has 0 amide bonds. The van der Waals surface area contributed by atoms with Gasteiger partial charge >= 0.3 is 0 Å². The number of hydrogen-bond acceptors (Lipinski definition) is 3. The number of benzene rings is 1. The average Bonchev–Trinajstić information content (AvgIpc) is 2.77. The molecule has 1 aromatic carbocycles. The molecular weight excluding hydrogens is 244 g/mol. The van der Waals surface area contributed by atoms with Crippen LogP contribution in [0.5, 0.6) is 0 Å². The first-order valence-corrected chi connectivity index (χ1v) is 5.99. The molecule has 5 heteroatoms. The second kappa shape index (κ2) is 3.36. The van der Waals surface area contributed by atoms with E-state index in [0.717, 1.165) is 27.8 Å². The van der Waals surface area contributed by atoms with Crippen molar-refractivity contribution in [2.24, 2.45) is 0 Å². The molecule has 0 unspecified atom stereocenters. The predicted molar refractivity (Wildman–Crippen MR) is 73.2 cm³/mol. The molecule has 4 aromatic rings. The molecule has 0 bridgehead atoms. The number of aromatic nitrogens is 4. The summed E-state index contributed by atoms with van der Waals surface area (Å²) in [6.07, 6.45) is 1.77. The van der Waals surface area contributed by atoms with Crippen molar-refractivity contribution in [3.05, 3.63) is 47.2 Å². The van der Waals surface area contributed by atoms with E-state index < -0.39 is 0 Å². The quantitative estimate of drug-likeness (QED) is 0.489. The zero-order valence-electron chi connectivity index (χ0n) is 9.29. The fourth-order valence-corrected chi connectivity index (χ4v) is 2.50. The monoisotopic (exact) mass is 252 g/mol. The number of H-pyrrole nitrogens is 1. The van der Waals surface area contributed by atoms with Crippen molar-refractivity contribution in [2.45, 2.75) is 0 Å². The molecule has 0 saturated carbocycles. The number of hydrogen-bond donors (Lipinski definition) is 1. The zero-order chi connectivity index (χ0) is 12.1. The highest BCUT2D eigenvalue weighted by atomic mass is 32.1. The van der Waals surface area contributed by atoms with E-state index in [1.807, 2.05) is 40.8 Å². The van der Waals surface area contributed by atoms with Crippen LogP contribution in [0.1, 0.15) is 0 Å². The largest absolute Gasteiger partial charge is 0.323 e. The van der Waals surface area contributed by atoms with Gasteiger partial charge in [-0.25, -0.2) is 9.97 Å². The lowest BCUT2D eigenvalue weighted by Crippen LogP contribution is -1.94. The minimum atomic E-state index is 0.574. The van der Waals surface area contributed by atoms with Gasteiger partial charge in [-0.3, -0.25) is 4.40 Å². The van der Waals surface area contributed by atoms with Gasteiger partial charge in [-0.15, -0.1) is 0 Å². The van der Waals surface area contributed by atoms with Gasteiger partial charge in [-0.05, 0) is 24.3 Å². The number of para-hydroxylation sites is 2. The molecule has 4 nitrogen and oxygen atoms in total. The fourth-order valence-electron chi connectivity index (χ4n) is 2.26. The standard InChI is InChI=1S/C13H8N4S/c18-12-8-4-3-7-14-11(8)17-10-6-2-1-5-9(10)15-13(17)16-12/h1-7H,(H,15,16,18). The van der Waals surface area contributed by atoms with Crippen LogP contribution < -0.4 is 0 Å². The molecule has 0 radical (unpaired) electrons. The fraction of sp³-hybridized carbons (Fsp3) is 0. The summed E-state index contributed by atoms with van der Waals surface area (Å²) in [6, 6.07) is 11.9. The van der Waals surface area contributed by atoms with Crippen molar-refractivity contribution in [3.63, 3.8) is 0 Å². The molecule has 0 spiro atoms. The Morgan fingerprint density at radius 1 is 1.11 bits per heavy atom. The van der Waals surface area contributed by atoms with Gasteiger partial charge in [0.05, 0.1) is 16.4 Å². The van der Waals surface area contributed by atoms with Crippen LogP contribution >= 0.6 is 12.2 Å². The van der Waals surface area contributed by atoms with Crippen molar-refractivity contribution < 1.29 is 0 Å². The van der Waals surface area contributed by atoms with E-state index in [-0.39, 0.29) is 0 Å². The van der Waals surface area contributed by atoms with Gasteiger partial charge in [-0.2, -0.15) is 0 Å². The minimum absolute atomic E-state index is 0.574.